The monoisotopic (exact) mass is 486 g/mol. The summed E-state index contributed by atoms with van der Waals surface area (Å²) in [5.41, 5.74) is 18.0. The third-order valence-electron chi connectivity index (χ3n) is 4.16. The van der Waals surface area contributed by atoms with Gasteiger partial charge in [0.1, 0.15) is 11.6 Å². The number of pyridine rings is 2. The van der Waals surface area contributed by atoms with Crippen LogP contribution in [0.4, 0.5) is 23.0 Å². The fourth-order valence-corrected chi connectivity index (χ4v) is 3.29. The van der Waals surface area contributed by atoms with Gasteiger partial charge >= 0.3 is 0 Å². The minimum atomic E-state index is 0.373. The first kappa shape index (κ1) is 20.7. The molecule has 0 bridgehead atoms. The number of halogens is 2. The quantitative estimate of drug-likeness (QED) is 0.520. The molecule has 9 heteroatoms. The standard InChI is InChI=1S/C12H18BrN3O.C5H6BrN3/c1-8(9-2-4-17-5-3-9)16-11-6-10(13)7-15-12(11)14;6-3-1-4(7)5(8)9-2-3/h6-9,16H,2-5H2,1H3,(H2,14,15);1-2H,7H2,(H2,8,9). The van der Waals surface area contributed by atoms with Crippen LogP contribution in [0.5, 0.6) is 0 Å². The van der Waals surface area contributed by atoms with Crippen LogP contribution in [0.3, 0.4) is 0 Å². The van der Waals surface area contributed by atoms with Crippen molar-refractivity contribution < 1.29 is 4.74 Å². The van der Waals surface area contributed by atoms with E-state index in [1.54, 1.807) is 18.5 Å². The predicted molar refractivity (Wildman–Crippen MR) is 114 cm³/mol. The van der Waals surface area contributed by atoms with Crippen LogP contribution >= 0.6 is 31.9 Å². The molecule has 0 amide bonds. The van der Waals surface area contributed by atoms with E-state index in [1.165, 1.54) is 0 Å². The Hall–Kier alpha value is -1.58. The molecular weight excluding hydrogens is 464 g/mol. The van der Waals surface area contributed by atoms with E-state index in [4.69, 9.17) is 21.9 Å². The molecule has 7 nitrogen and oxygen atoms in total. The molecule has 0 radical (unpaired) electrons. The summed E-state index contributed by atoms with van der Waals surface area (Å²) >= 11 is 6.60. The van der Waals surface area contributed by atoms with Crippen molar-refractivity contribution in [3.05, 3.63) is 33.5 Å². The summed E-state index contributed by atoms with van der Waals surface area (Å²) in [6.45, 7) is 3.92. The lowest BCUT2D eigenvalue weighted by molar-refractivity contribution is 0.0622. The largest absolute Gasteiger partial charge is 0.396 e. The van der Waals surface area contributed by atoms with Crippen molar-refractivity contribution in [1.29, 1.82) is 0 Å². The lowest BCUT2D eigenvalue weighted by atomic mass is 9.93. The maximum Gasteiger partial charge on any atom is 0.146 e. The van der Waals surface area contributed by atoms with E-state index in [0.717, 1.165) is 40.7 Å². The molecular formula is C17H24Br2N6O. The van der Waals surface area contributed by atoms with Crippen LogP contribution in [0.25, 0.3) is 0 Å². The predicted octanol–water partition coefficient (Wildman–Crippen LogP) is 3.66. The molecule has 1 atom stereocenters. The van der Waals surface area contributed by atoms with Crippen molar-refractivity contribution in [2.75, 3.05) is 35.7 Å². The Morgan fingerprint density at radius 3 is 2.19 bits per heavy atom. The summed E-state index contributed by atoms with van der Waals surface area (Å²) in [6.07, 6.45) is 5.52. The maximum atomic E-state index is 5.85. The van der Waals surface area contributed by atoms with Crippen LogP contribution in [-0.4, -0.2) is 29.2 Å². The fourth-order valence-electron chi connectivity index (χ4n) is 2.61. The number of nitrogen functional groups attached to an aromatic ring is 3. The summed E-state index contributed by atoms with van der Waals surface area (Å²) in [5, 5.41) is 3.45. The van der Waals surface area contributed by atoms with Crippen molar-refractivity contribution in [3.8, 4) is 0 Å². The lowest BCUT2D eigenvalue weighted by Gasteiger charge is -2.29. The highest BCUT2D eigenvalue weighted by Crippen LogP contribution is 2.26. The minimum absolute atomic E-state index is 0.373. The summed E-state index contributed by atoms with van der Waals surface area (Å²) in [6, 6.07) is 4.07. The van der Waals surface area contributed by atoms with Gasteiger partial charge in [-0.3, -0.25) is 0 Å². The average Bonchev–Trinajstić information content (AvgIpc) is 2.63. The van der Waals surface area contributed by atoms with Crippen molar-refractivity contribution in [3.63, 3.8) is 0 Å². The van der Waals surface area contributed by atoms with Crippen LogP contribution in [0.2, 0.25) is 0 Å². The van der Waals surface area contributed by atoms with Crippen LogP contribution < -0.4 is 22.5 Å². The molecule has 7 N–H and O–H groups in total. The van der Waals surface area contributed by atoms with E-state index in [2.05, 4.69) is 54.1 Å². The zero-order valence-electron chi connectivity index (χ0n) is 14.6. The molecule has 1 unspecified atom stereocenters. The van der Waals surface area contributed by atoms with Crippen molar-refractivity contribution in [1.82, 2.24) is 9.97 Å². The van der Waals surface area contributed by atoms with E-state index >= 15 is 0 Å². The highest BCUT2D eigenvalue weighted by molar-refractivity contribution is 9.10. The number of anilines is 4. The lowest BCUT2D eigenvalue weighted by Crippen LogP contribution is -2.31. The first-order valence-corrected chi connectivity index (χ1v) is 9.87. The van der Waals surface area contributed by atoms with Gasteiger partial charge in [0.05, 0.1) is 11.4 Å². The van der Waals surface area contributed by atoms with Gasteiger partial charge in [-0.25, -0.2) is 9.97 Å². The van der Waals surface area contributed by atoms with E-state index in [0.29, 0.717) is 29.3 Å². The molecule has 26 heavy (non-hydrogen) atoms. The normalized spacial score (nSPS) is 15.7. The van der Waals surface area contributed by atoms with Crippen molar-refractivity contribution in [2.45, 2.75) is 25.8 Å². The zero-order chi connectivity index (χ0) is 19.1. The number of nitrogens with two attached hydrogens (primary N) is 3. The molecule has 0 aromatic carbocycles. The Balaban J connectivity index is 0.000000228. The maximum absolute atomic E-state index is 5.85. The molecule has 1 aliphatic heterocycles. The van der Waals surface area contributed by atoms with Gasteiger partial charge in [0.2, 0.25) is 0 Å². The molecule has 1 fully saturated rings. The topological polar surface area (TPSA) is 125 Å². The van der Waals surface area contributed by atoms with Crippen molar-refractivity contribution >= 4 is 54.9 Å². The highest BCUT2D eigenvalue weighted by Gasteiger charge is 2.20. The number of hydrogen-bond acceptors (Lipinski definition) is 7. The van der Waals surface area contributed by atoms with Crippen molar-refractivity contribution in [2.24, 2.45) is 5.92 Å². The highest BCUT2D eigenvalue weighted by atomic mass is 79.9. The van der Waals surface area contributed by atoms with Crippen LogP contribution in [-0.2, 0) is 4.74 Å². The first-order valence-electron chi connectivity index (χ1n) is 8.28. The molecule has 1 saturated heterocycles. The zero-order valence-corrected chi connectivity index (χ0v) is 17.8. The van der Waals surface area contributed by atoms with Gasteiger partial charge in [-0.05, 0) is 69.7 Å². The van der Waals surface area contributed by atoms with E-state index in [9.17, 15) is 0 Å². The second-order valence-corrected chi connectivity index (χ2v) is 7.93. The summed E-state index contributed by atoms with van der Waals surface area (Å²) in [5.74, 6) is 1.56. The van der Waals surface area contributed by atoms with E-state index < -0.39 is 0 Å². The molecule has 0 spiro atoms. The fraction of sp³-hybridized carbons (Fsp3) is 0.412. The second kappa shape index (κ2) is 9.94. The van der Waals surface area contributed by atoms with Gasteiger partial charge in [0, 0.05) is 40.6 Å². The number of nitrogens with zero attached hydrogens (tertiary/aromatic N) is 2. The molecule has 3 rings (SSSR count). The summed E-state index contributed by atoms with van der Waals surface area (Å²) in [4.78, 5) is 7.90. The summed E-state index contributed by atoms with van der Waals surface area (Å²) in [7, 11) is 0. The number of rotatable bonds is 3. The molecule has 142 valence electrons. The van der Waals surface area contributed by atoms with Crippen LogP contribution in [0.1, 0.15) is 19.8 Å². The number of ether oxygens (including phenoxy) is 1. The Kier molecular flexibility index (Phi) is 7.92. The second-order valence-electron chi connectivity index (χ2n) is 6.10. The average molecular weight is 488 g/mol. The van der Waals surface area contributed by atoms with E-state index in [-0.39, 0.29) is 0 Å². The Morgan fingerprint density at radius 2 is 1.62 bits per heavy atom. The molecule has 0 saturated carbocycles. The Labute approximate surface area is 170 Å². The molecule has 1 aliphatic rings. The Morgan fingerprint density at radius 1 is 1.04 bits per heavy atom. The Bertz CT molecular complexity index is 724. The SMILES string of the molecule is CC(Nc1cc(Br)cnc1N)C1CCOCC1.Nc1cc(Br)cnc1N. The molecule has 2 aromatic heterocycles. The molecule has 2 aromatic rings. The first-order chi connectivity index (χ1) is 12.4. The third kappa shape index (κ3) is 6.30. The number of hydrogen-bond donors (Lipinski definition) is 4. The van der Waals surface area contributed by atoms with E-state index in [1.807, 2.05) is 6.07 Å². The molecule has 3 heterocycles. The third-order valence-corrected chi connectivity index (χ3v) is 5.02. The number of aromatic nitrogens is 2. The van der Waals surface area contributed by atoms with Crippen LogP contribution in [0.15, 0.2) is 33.5 Å². The van der Waals surface area contributed by atoms with Gasteiger partial charge in [0.15, 0.2) is 0 Å². The smallest absolute Gasteiger partial charge is 0.146 e. The number of nitrogens with one attached hydrogen (secondary N) is 1. The van der Waals surface area contributed by atoms with Gasteiger partial charge in [-0.15, -0.1) is 0 Å². The van der Waals surface area contributed by atoms with Gasteiger partial charge in [0.25, 0.3) is 0 Å². The van der Waals surface area contributed by atoms with Crippen LogP contribution in [0, 0.1) is 5.92 Å². The van der Waals surface area contributed by atoms with Gasteiger partial charge in [-0.2, -0.15) is 0 Å². The minimum Gasteiger partial charge on any atom is -0.396 e. The molecule has 0 aliphatic carbocycles. The van der Waals surface area contributed by atoms with Gasteiger partial charge < -0.3 is 27.3 Å². The summed E-state index contributed by atoms with van der Waals surface area (Å²) < 4.78 is 7.15. The van der Waals surface area contributed by atoms with Gasteiger partial charge in [-0.1, -0.05) is 0 Å².